The number of nitrogens with zero attached hydrogens (tertiary/aromatic N) is 2. The third-order valence-electron chi connectivity index (χ3n) is 4.08. The molecule has 18 heavy (non-hydrogen) atoms. The number of aliphatic hydroxyl groups is 1. The van der Waals surface area contributed by atoms with Gasteiger partial charge in [-0.05, 0) is 30.7 Å². The molecule has 1 saturated heterocycles. The molecule has 3 N–H and O–H groups in total. The first-order valence-electron chi connectivity index (χ1n) is 6.59. The van der Waals surface area contributed by atoms with Crippen LogP contribution in [-0.4, -0.2) is 56.0 Å². The highest BCUT2D eigenvalue weighted by molar-refractivity contribution is 5.58. The van der Waals surface area contributed by atoms with Gasteiger partial charge in [0.1, 0.15) is 6.54 Å². The molecule has 0 atom stereocenters. The Balaban J connectivity index is 2.03. The lowest BCUT2D eigenvalue weighted by molar-refractivity contribution is -0.910. The summed E-state index contributed by atoms with van der Waals surface area (Å²) in [5.74, 6) is 0. The van der Waals surface area contributed by atoms with Crippen molar-refractivity contribution >= 4 is 11.4 Å². The van der Waals surface area contributed by atoms with Gasteiger partial charge in [-0.15, -0.1) is 0 Å². The van der Waals surface area contributed by atoms with Gasteiger partial charge in [0.25, 0.3) is 0 Å². The average Bonchev–Trinajstić information content (AvgIpc) is 2.34. The van der Waals surface area contributed by atoms with Crippen LogP contribution in [0, 0.1) is 6.92 Å². The van der Waals surface area contributed by atoms with Gasteiger partial charge in [-0.2, -0.15) is 0 Å². The number of benzene rings is 1. The largest absolute Gasteiger partial charge is 0.399 e. The van der Waals surface area contributed by atoms with E-state index in [-0.39, 0.29) is 6.61 Å². The highest BCUT2D eigenvalue weighted by Crippen LogP contribution is 2.22. The maximum absolute atomic E-state index is 9.09. The van der Waals surface area contributed by atoms with Crippen LogP contribution in [-0.2, 0) is 0 Å². The molecule has 0 aliphatic carbocycles. The lowest BCUT2D eigenvalue weighted by Crippen LogP contribution is -2.58. The fourth-order valence-corrected chi connectivity index (χ4v) is 2.53. The van der Waals surface area contributed by atoms with Crippen LogP contribution >= 0.6 is 0 Å². The van der Waals surface area contributed by atoms with E-state index in [4.69, 9.17) is 10.8 Å². The van der Waals surface area contributed by atoms with Crippen LogP contribution < -0.4 is 10.6 Å². The number of hydrogen-bond acceptors (Lipinski definition) is 3. The molecule has 0 spiro atoms. The Labute approximate surface area is 109 Å². The third kappa shape index (κ3) is 2.76. The van der Waals surface area contributed by atoms with Crippen molar-refractivity contribution in [1.82, 2.24) is 0 Å². The number of aryl methyl sites for hydroxylation is 1. The van der Waals surface area contributed by atoms with E-state index >= 15 is 0 Å². The van der Waals surface area contributed by atoms with Crippen molar-refractivity contribution in [2.45, 2.75) is 6.92 Å². The van der Waals surface area contributed by atoms with E-state index in [1.807, 2.05) is 6.07 Å². The van der Waals surface area contributed by atoms with Gasteiger partial charge in [0.05, 0.1) is 39.8 Å². The van der Waals surface area contributed by atoms with Crippen molar-refractivity contribution in [3.8, 4) is 0 Å². The Hall–Kier alpha value is -1.26. The predicted molar refractivity (Wildman–Crippen MR) is 75.7 cm³/mol. The van der Waals surface area contributed by atoms with Crippen LogP contribution in [0.1, 0.15) is 5.56 Å². The number of nitrogen functional groups attached to an aromatic ring is 1. The molecule has 4 nitrogen and oxygen atoms in total. The molecular weight excluding hydrogens is 226 g/mol. The van der Waals surface area contributed by atoms with Gasteiger partial charge in [0.15, 0.2) is 0 Å². The first kappa shape index (κ1) is 13.2. The molecule has 0 amide bonds. The Kier molecular flexibility index (Phi) is 3.78. The van der Waals surface area contributed by atoms with Crippen molar-refractivity contribution < 1.29 is 9.59 Å². The summed E-state index contributed by atoms with van der Waals surface area (Å²) in [6.45, 7) is 7.44. The molecule has 1 aliphatic rings. The third-order valence-corrected chi connectivity index (χ3v) is 4.08. The Morgan fingerprint density at radius 3 is 2.56 bits per heavy atom. The second kappa shape index (κ2) is 5.16. The average molecular weight is 250 g/mol. The Morgan fingerprint density at radius 2 is 2.00 bits per heavy atom. The molecule has 100 valence electrons. The number of hydrogen-bond donors (Lipinski definition) is 2. The quantitative estimate of drug-likeness (QED) is 0.617. The van der Waals surface area contributed by atoms with E-state index in [9.17, 15) is 0 Å². The van der Waals surface area contributed by atoms with E-state index in [0.717, 1.165) is 48.5 Å². The number of piperazine rings is 1. The summed E-state index contributed by atoms with van der Waals surface area (Å²) in [4.78, 5) is 2.41. The number of rotatable bonds is 3. The van der Waals surface area contributed by atoms with Crippen LogP contribution in [0.2, 0.25) is 0 Å². The minimum absolute atomic E-state index is 0.275. The van der Waals surface area contributed by atoms with E-state index in [1.165, 1.54) is 5.69 Å². The van der Waals surface area contributed by atoms with Gasteiger partial charge < -0.3 is 20.2 Å². The highest BCUT2D eigenvalue weighted by Gasteiger charge is 2.28. The number of aliphatic hydroxyl groups excluding tert-OH is 1. The lowest BCUT2D eigenvalue weighted by Gasteiger charge is -2.42. The summed E-state index contributed by atoms with van der Waals surface area (Å²) in [5.41, 5.74) is 9.11. The smallest absolute Gasteiger partial charge is 0.102 e. The summed E-state index contributed by atoms with van der Waals surface area (Å²) in [7, 11) is 2.22. The van der Waals surface area contributed by atoms with Crippen LogP contribution in [0.15, 0.2) is 18.2 Å². The van der Waals surface area contributed by atoms with Crippen molar-refractivity contribution in [2.24, 2.45) is 0 Å². The van der Waals surface area contributed by atoms with E-state index < -0.39 is 0 Å². The molecule has 1 aromatic carbocycles. The zero-order chi connectivity index (χ0) is 13.2. The molecule has 0 bridgehead atoms. The van der Waals surface area contributed by atoms with Gasteiger partial charge in [-0.25, -0.2) is 0 Å². The second-order valence-electron chi connectivity index (χ2n) is 5.54. The first-order chi connectivity index (χ1) is 8.54. The second-order valence-corrected chi connectivity index (χ2v) is 5.54. The molecule has 0 saturated carbocycles. The van der Waals surface area contributed by atoms with Crippen molar-refractivity contribution in [3.05, 3.63) is 23.8 Å². The van der Waals surface area contributed by atoms with Gasteiger partial charge in [-0.3, -0.25) is 0 Å². The van der Waals surface area contributed by atoms with Crippen LogP contribution in [0.25, 0.3) is 0 Å². The molecular formula is C14H24N3O+. The molecule has 1 fully saturated rings. The minimum Gasteiger partial charge on any atom is -0.399 e. The fraction of sp³-hybridized carbons (Fsp3) is 0.571. The standard InChI is InChI=1S/C14H24N3O/c1-12-11-13(3-4-14(12)15)16-5-7-17(2,8-6-16)9-10-18/h3-4,11,18H,5-10,15H2,1-2H3/q+1. The topological polar surface area (TPSA) is 49.5 Å². The maximum Gasteiger partial charge on any atom is 0.102 e. The molecule has 2 rings (SSSR count). The van der Waals surface area contributed by atoms with Gasteiger partial charge in [0, 0.05) is 11.4 Å². The zero-order valence-corrected chi connectivity index (χ0v) is 11.4. The molecule has 0 unspecified atom stereocenters. The monoisotopic (exact) mass is 250 g/mol. The van der Waals surface area contributed by atoms with Gasteiger partial charge in [0.2, 0.25) is 0 Å². The normalized spacial score (nSPS) is 18.9. The number of anilines is 2. The summed E-state index contributed by atoms with van der Waals surface area (Å²) in [6.07, 6.45) is 0. The zero-order valence-electron chi connectivity index (χ0n) is 11.4. The van der Waals surface area contributed by atoms with Gasteiger partial charge in [-0.1, -0.05) is 0 Å². The van der Waals surface area contributed by atoms with Crippen LogP contribution in [0.4, 0.5) is 11.4 Å². The number of likely N-dealkylation sites (N-methyl/N-ethyl adjacent to an activating group) is 1. The van der Waals surface area contributed by atoms with Crippen LogP contribution in [0.3, 0.4) is 0 Å². The van der Waals surface area contributed by atoms with Crippen molar-refractivity contribution in [1.29, 1.82) is 0 Å². The summed E-state index contributed by atoms with van der Waals surface area (Å²) >= 11 is 0. The maximum atomic E-state index is 9.09. The van der Waals surface area contributed by atoms with Gasteiger partial charge >= 0.3 is 0 Å². The molecule has 4 heteroatoms. The molecule has 1 heterocycles. The molecule has 0 radical (unpaired) electrons. The first-order valence-corrected chi connectivity index (χ1v) is 6.59. The fourth-order valence-electron chi connectivity index (χ4n) is 2.53. The summed E-state index contributed by atoms with van der Waals surface area (Å²) < 4.78 is 0.973. The minimum atomic E-state index is 0.275. The Bertz CT molecular complexity index is 412. The van der Waals surface area contributed by atoms with E-state index in [0.29, 0.717) is 0 Å². The summed E-state index contributed by atoms with van der Waals surface area (Å²) in [5, 5.41) is 9.09. The van der Waals surface area contributed by atoms with Crippen LogP contribution in [0.5, 0.6) is 0 Å². The molecule has 1 aromatic rings. The number of quaternary nitrogens is 1. The predicted octanol–water partition coefficient (Wildman–Crippen LogP) is 0.836. The van der Waals surface area contributed by atoms with E-state index in [2.05, 4.69) is 31.0 Å². The Morgan fingerprint density at radius 1 is 1.33 bits per heavy atom. The SMILES string of the molecule is Cc1cc(N2CC[N+](C)(CCO)CC2)ccc1N. The van der Waals surface area contributed by atoms with Crippen molar-refractivity contribution in [3.63, 3.8) is 0 Å². The highest BCUT2D eigenvalue weighted by atomic mass is 16.3. The molecule has 0 aromatic heterocycles. The molecule has 1 aliphatic heterocycles. The van der Waals surface area contributed by atoms with Crippen molar-refractivity contribution in [2.75, 3.05) is 57.0 Å². The summed E-state index contributed by atoms with van der Waals surface area (Å²) in [6, 6.07) is 6.25. The van der Waals surface area contributed by atoms with E-state index in [1.54, 1.807) is 0 Å². The lowest BCUT2D eigenvalue weighted by atomic mass is 10.1. The number of nitrogens with two attached hydrogens (primary N) is 1.